The van der Waals surface area contributed by atoms with E-state index in [2.05, 4.69) is 18.5 Å². The number of anilines is 2. The van der Waals surface area contributed by atoms with E-state index in [9.17, 15) is 10.1 Å². The number of rotatable bonds is 6. The van der Waals surface area contributed by atoms with E-state index >= 15 is 0 Å². The Kier molecular flexibility index (Phi) is 5.09. The number of nitro groups is 1. The van der Waals surface area contributed by atoms with Gasteiger partial charge in [-0.15, -0.1) is 0 Å². The zero-order valence-electron chi connectivity index (χ0n) is 9.97. The molecule has 0 amide bonds. The van der Waals surface area contributed by atoms with E-state index in [0.717, 1.165) is 17.9 Å². The van der Waals surface area contributed by atoms with Gasteiger partial charge in [-0.1, -0.05) is 0 Å². The lowest BCUT2D eigenvalue weighted by Gasteiger charge is -2.16. The Bertz CT molecular complexity index is 398. The molecular weight excluding hydrogens is 238 g/mol. The molecule has 3 N–H and O–H groups in total. The minimum Gasteiger partial charge on any atom is -0.397 e. The summed E-state index contributed by atoms with van der Waals surface area (Å²) in [6.07, 6.45) is 3.09. The number of nitrogens with one attached hydrogen (secondary N) is 1. The van der Waals surface area contributed by atoms with Crippen LogP contribution in [0.25, 0.3) is 0 Å². The van der Waals surface area contributed by atoms with Crippen LogP contribution in [0.15, 0.2) is 18.2 Å². The van der Waals surface area contributed by atoms with Crippen LogP contribution in [0.3, 0.4) is 0 Å². The topological polar surface area (TPSA) is 81.2 Å². The number of nitrogens with zero attached hydrogens (tertiary/aromatic N) is 1. The van der Waals surface area contributed by atoms with Crippen molar-refractivity contribution in [1.29, 1.82) is 0 Å². The standard InChI is InChI=1S/C11H17N3O2S/c1-8(5-6-17-2)13-11-4-3-9(14(15)16)7-10(11)12/h3-4,7-8,13H,5-6,12H2,1-2H3. The molecule has 0 aromatic heterocycles. The van der Waals surface area contributed by atoms with E-state index in [1.807, 2.05) is 0 Å². The fraction of sp³-hybridized carbons (Fsp3) is 0.455. The second-order valence-corrected chi connectivity index (χ2v) is 4.84. The molecule has 1 unspecified atom stereocenters. The number of hydrogen-bond acceptors (Lipinski definition) is 5. The molecule has 0 heterocycles. The van der Waals surface area contributed by atoms with Crippen LogP contribution in [0.4, 0.5) is 17.1 Å². The summed E-state index contributed by atoms with van der Waals surface area (Å²) in [6, 6.07) is 4.79. The molecule has 0 bridgehead atoms. The zero-order chi connectivity index (χ0) is 12.8. The Morgan fingerprint density at radius 1 is 1.59 bits per heavy atom. The largest absolute Gasteiger partial charge is 0.397 e. The second-order valence-electron chi connectivity index (χ2n) is 3.86. The summed E-state index contributed by atoms with van der Waals surface area (Å²) in [5.41, 5.74) is 6.95. The van der Waals surface area contributed by atoms with E-state index in [-0.39, 0.29) is 5.69 Å². The van der Waals surface area contributed by atoms with Crippen LogP contribution in [-0.2, 0) is 0 Å². The lowest BCUT2D eigenvalue weighted by molar-refractivity contribution is -0.384. The maximum atomic E-state index is 10.6. The highest BCUT2D eigenvalue weighted by Crippen LogP contribution is 2.25. The highest BCUT2D eigenvalue weighted by atomic mass is 32.2. The molecule has 0 spiro atoms. The van der Waals surface area contributed by atoms with Crippen LogP contribution in [-0.4, -0.2) is 23.0 Å². The molecule has 0 aliphatic rings. The van der Waals surface area contributed by atoms with Gasteiger partial charge in [0.1, 0.15) is 0 Å². The molecule has 1 rings (SSSR count). The van der Waals surface area contributed by atoms with E-state index < -0.39 is 4.92 Å². The van der Waals surface area contributed by atoms with Crippen LogP contribution in [0, 0.1) is 10.1 Å². The predicted octanol–water partition coefficient (Wildman–Crippen LogP) is 2.73. The van der Waals surface area contributed by atoms with Gasteiger partial charge in [-0.3, -0.25) is 10.1 Å². The first-order chi connectivity index (χ1) is 8.04. The van der Waals surface area contributed by atoms with E-state index in [0.29, 0.717) is 11.7 Å². The Morgan fingerprint density at radius 3 is 2.82 bits per heavy atom. The van der Waals surface area contributed by atoms with Crippen molar-refractivity contribution < 1.29 is 4.92 Å². The van der Waals surface area contributed by atoms with Crippen molar-refractivity contribution in [2.24, 2.45) is 0 Å². The monoisotopic (exact) mass is 255 g/mol. The van der Waals surface area contributed by atoms with Crippen molar-refractivity contribution in [3.8, 4) is 0 Å². The highest BCUT2D eigenvalue weighted by Gasteiger charge is 2.10. The van der Waals surface area contributed by atoms with Crippen molar-refractivity contribution in [3.63, 3.8) is 0 Å². The van der Waals surface area contributed by atoms with Crippen molar-refractivity contribution >= 4 is 28.8 Å². The van der Waals surface area contributed by atoms with Crippen LogP contribution in [0.1, 0.15) is 13.3 Å². The second kappa shape index (κ2) is 6.34. The van der Waals surface area contributed by atoms with Crippen molar-refractivity contribution in [2.45, 2.75) is 19.4 Å². The number of hydrogen-bond donors (Lipinski definition) is 2. The van der Waals surface area contributed by atoms with Gasteiger partial charge in [0.05, 0.1) is 16.3 Å². The fourth-order valence-corrected chi connectivity index (χ4v) is 2.02. The van der Waals surface area contributed by atoms with Gasteiger partial charge in [0, 0.05) is 18.2 Å². The zero-order valence-corrected chi connectivity index (χ0v) is 10.8. The third kappa shape index (κ3) is 4.14. The number of benzene rings is 1. The van der Waals surface area contributed by atoms with Gasteiger partial charge in [0.15, 0.2) is 0 Å². The van der Waals surface area contributed by atoms with Crippen molar-refractivity contribution in [2.75, 3.05) is 23.1 Å². The molecule has 17 heavy (non-hydrogen) atoms. The van der Waals surface area contributed by atoms with Gasteiger partial charge >= 0.3 is 0 Å². The molecule has 1 aromatic carbocycles. The Labute approximate surface area is 105 Å². The SMILES string of the molecule is CSCCC(C)Nc1ccc([N+](=O)[O-])cc1N. The van der Waals surface area contributed by atoms with E-state index in [1.165, 1.54) is 12.1 Å². The Balaban J connectivity index is 2.69. The fourth-order valence-electron chi connectivity index (χ4n) is 1.43. The smallest absolute Gasteiger partial charge is 0.271 e. The third-order valence-electron chi connectivity index (χ3n) is 2.40. The van der Waals surface area contributed by atoms with Gasteiger partial charge in [-0.25, -0.2) is 0 Å². The first-order valence-electron chi connectivity index (χ1n) is 5.34. The molecule has 0 aliphatic carbocycles. The van der Waals surface area contributed by atoms with Gasteiger partial charge in [-0.05, 0) is 31.4 Å². The molecule has 94 valence electrons. The van der Waals surface area contributed by atoms with Gasteiger partial charge < -0.3 is 11.1 Å². The molecule has 0 fully saturated rings. The summed E-state index contributed by atoms with van der Waals surface area (Å²) in [4.78, 5) is 10.1. The molecule has 1 atom stereocenters. The van der Waals surface area contributed by atoms with E-state index in [4.69, 9.17) is 5.73 Å². The average Bonchev–Trinajstić information content (AvgIpc) is 2.28. The Morgan fingerprint density at radius 2 is 2.29 bits per heavy atom. The number of nitrogen functional groups attached to an aromatic ring is 1. The first-order valence-corrected chi connectivity index (χ1v) is 6.73. The van der Waals surface area contributed by atoms with Crippen molar-refractivity contribution in [1.82, 2.24) is 0 Å². The maximum absolute atomic E-state index is 10.6. The molecule has 5 nitrogen and oxygen atoms in total. The quantitative estimate of drug-likeness (QED) is 0.464. The van der Waals surface area contributed by atoms with Crippen LogP contribution in [0.5, 0.6) is 0 Å². The highest BCUT2D eigenvalue weighted by molar-refractivity contribution is 7.98. The number of thioether (sulfide) groups is 1. The third-order valence-corrected chi connectivity index (χ3v) is 3.05. The molecule has 0 saturated heterocycles. The lowest BCUT2D eigenvalue weighted by Crippen LogP contribution is -2.16. The molecule has 1 aromatic rings. The van der Waals surface area contributed by atoms with E-state index in [1.54, 1.807) is 17.8 Å². The van der Waals surface area contributed by atoms with Gasteiger partial charge in [0.2, 0.25) is 0 Å². The summed E-state index contributed by atoms with van der Waals surface area (Å²) in [5.74, 6) is 1.07. The summed E-state index contributed by atoms with van der Waals surface area (Å²) in [7, 11) is 0. The lowest BCUT2D eigenvalue weighted by atomic mass is 10.2. The number of non-ortho nitro benzene ring substituents is 1. The maximum Gasteiger partial charge on any atom is 0.271 e. The van der Waals surface area contributed by atoms with Gasteiger partial charge in [-0.2, -0.15) is 11.8 Å². The molecule has 0 radical (unpaired) electrons. The van der Waals surface area contributed by atoms with Crippen molar-refractivity contribution in [3.05, 3.63) is 28.3 Å². The van der Waals surface area contributed by atoms with Crippen LogP contribution in [0.2, 0.25) is 0 Å². The summed E-state index contributed by atoms with van der Waals surface area (Å²) in [5, 5.41) is 13.8. The molecule has 0 aliphatic heterocycles. The summed E-state index contributed by atoms with van der Waals surface area (Å²) >= 11 is 1.79. The number of nitrogens with two attached hydrogens (primary N) is 1. The summed E-state index contributed by atoms with van der Waals surface area (Å²) < 4.78 is 0. The minimum absolute atomic E-state index is 0.0183. The molecule has 0 saturated carbocycles. The normalized spacial score (nSPS) is 12.1. The molecule has 6 heteroatoms. The summed E-state index contributed by atoms with van der Waals surface area (Å²) in [6.45, 7) is 2.07. The van der Waals surface area contributed by atoms with Crippen LogP contribution >= 0.6 is 11.8 Å². The van der Waals surface area contributed by atoms with Crippen LogP contribution < -0.4 is 11.1 Å². The molecular formula is C11H17N3O2S. The number of nitro benzene ring substituents is 1. The van der Waals surface area contributed by atoms with Gasteiger partial charge in [0.25, 0.3) is 5.69 Å². The Hall–Kier alpha value is -1.43. The average molecular weight is 255 g/mol. The predicted molar refractivity (Wildman–Crippen MR) is 73.6 cm³/mol. The minimum atomic E-state index is -0.447. The first kappa shape index (κ1) is 13.6.